The molecule has 0 aromatic carbocycles. The lowest BCUT2D eigenvalue weighted by molar-refractivity contribution is -0.404. The van der Waals surface area contributed by atoms with Crippen molar-refractivity contribution in [1.29, 1.82) is 0 Å². The van der Waals surface area contributed by atoms with Crippen LogP contribution in [0.4, 0.5) is 0 Å². The van der Waals surface area contributed by atoms with Gasteiger partial charge in [0.05, 0.1) is 17.2 Å². The van der Waals surface area contributed by atoms with Crippen LogP contribution in [-0.2, 0) is 17.1 Å². The van der Waals surface area contributed by atoms with Gasteiger partial charge in [0, 0.05) is 38.4 Å². The first-order valence-electron chi connectivity index (χ1n) is 9.76. The van der Waals surface area contributed by atoms with Crippen LogP contribution < -0.4 is 10.6 Å². The molecule has 12 heteroatoms. The van der Waals surface area contributed by atoms with E-state index in [1.807, 2.05) is 45.0 Å². The maximum atomic E-state index is 12.0. The normalized spacial score (nSPS) is 10.8. The summed E-state index contributed by atoms with van der Waals surface area (Å²) in [5.41, 5.74) is 0. The molecule has 1 rings (SSSR count). The summed E-state index contributed by atoms with van der Waals surface area (Å²) in [6.07, 6.45) is 1.19. The molecular formula is C19H35Cl2N5O4S. The van der Waals surface area contributed by atoms with Gasteiger partial charge < -0.3 is 24.9 Å². The highest BCUT2D eigenvalue weighted by molar-refractivity contribution is 7.98. The van der Waals surface area contributed by atoms with Crippen LogP contribution in [0.5, 0.6) is 0 Å². The van der Waals surface area contributed by atoms with Gasteiger partial charge in [0.1, 0.15) is 11.5 Å². The number of halogens is 2. The van der Waals surface area contributed by atoms with Crippen molar-refractivity contribution in [2.24, 2.45) is 0 Å². The SMILES string of the molecule is CCN(CC)C(=O)CCNC(=C[N+](=O)[O-])NCCSCc1ccc(CN(C)C)o1.Cl.Cl. The highest BCUT2D eigenvalue weighted by atomic mass is 35.5. The Balaban J connectivity index is 0. The molecule has 0 aliphatic carbocycles. The van der Waals surface area contributed by atoms with Crippen LogP contribution in [0.25, 0.3) is 0 Å². The summed E-state index contributed by atoms with van der Waals surface area (Å²) in [7, 11) is 3.98. The van der Waals surface area contributed by atoms with Gasteiger partial charge in [-0.1, -0.05) is 0 Å². The van der Waals surface area contributed by atoms with Crippen LogP contribution in [0.1, 0.15) is 31.8 Å². The molecule has 2 N–H and O–H groups in total. The fourth-order valence-electron chi connectivity index (χ4n) is 2.62. The van der Waals surface area contributed by atoms with Crippen LogP contribution in [0.3, 0.4) is 0 Å². The van der Waals surface area contributed by atoms with Crippen molar-refractivity contribution >= 4 is 42.5 Å². The summed E-state index contributed by atoms with van der Waals surface area (Å²) >= 11 is 1.68. The molecule has 0 bridgehead atoms. The number of furan rings is 1. The summed E-state index contributed by atoms with van der Waals surface area (Å²) in [4.78, 5) is 26.1. The summed E-state index contributed by atoms with van der Waals surface area (Å²) in [5, 5.41) is 16.8. The fraction of sp³-hybridized carbons (Fsp3) is 0.632. The molecule has 0 aliphatic rings. The second kappa shape index (κ2) is 18.0. The van der Waals surface area contributed by atoms with Crippen molar-refractivity contribution in [3.63, 3.8) is 0 Å². The molecule has 1 aromatic heterocycles. The quantitative estimate of drug-likeness (QED) is 0.215. The molecule has 0 spiro atoms. The highest BCUT2D eigenvalue weighted by Crippen LogP contribution is 2.16. The number of nitro groups is 1. The van der Waals surface area contributed by atoms with Crippen LogP contribution in [0, 0.1) is 10.1 Å². The largest absolute Gasteiger partial charge is 0.464 e. The van der Waals surface area contributed by atoms with Crippen molar-refractivity contribution in [2.45, 2.75) is 32.6 Å². The Hall–Kier alpha value is -1.62. The molecular weight excluding hydrogens is 465 g/mol. The Morgan fingerprint density at radius 3 is 2.35 bits per heavy atom. The van der Waals surface area contributed by atoms with Crippen LogP contribution in [0.2, 0.25) is 0 Å². The van der Waals surface area contributed by atoms with E-state index < -0.39 is 4.92 Å². The van der Waals surface area contributed by atoms with Gasteiger partial charge in [-0.05, 0) is 40.1 Å². The first-order valence-corrected chi connectivity index (χ1v) is 10.9. The molecule has 0 saturated heterocycles. The van der Waals surface area contributed by atoms with Crippen LogP contribution in [0.15, 0.2) is 28.6 Å². The average molecular weight is 500 g/mol. The van der Waals surface area contributed by atoms with E-state index in [2.05, 4.69) is 10.6 Å². The minimum atomic E-state index is -0.510. The van der Waals surface area contributed by atoms with Gasteiger partial charge in [-0.2, -0.15) is 11.8 Å². The maximum absolute atomic E-state index is 12.0. The van der Waals surface area contributed by atoms with E-state index >= 15 is 0 Å². The van der Waals surface area contributed by atoms with E-state index in [4.69, 9.17) is 4.42 Å². The number of carbonyl (C=O) groups is 1. The number of carbonyl (C=O) groups excluding carboxylic acids is 1. The molecule has 0 fully saturated rings. The van der Waals surface area contributed by atoms with Crippen molar-refractivity contribution in [1.82, 2.24) is 20.4 Å². The van der Waals surface area contributed by atoms with Crippen molar-refractivity contribution < 1.29 is 14.1 Å². The molecule has 0 saturated carbocycles. The topological polar surface area (TPSA) is 104 Å². The number of hydrogen-bond donors (Lipinski definition) is 2. The Labute approximate surface area is 201 Å². The van der Waals surface area contributed by atoms with E-state index in [0.29, 0.717) is 38.4 Å². The molecule has 0 aliphatic heterocycles. The van der Waals surface area contributed by atoms with Crippen molar-refractivity contribution in [2.75, 3.05) is 46.0 Å². The van der Waals surface area contributed by atoms with E-state index in [-0.39, 0.29) is 30.7 Å². The summed E-state index contributed by atoms with van der Waals surface area (Å²) in [6, 6.07) is 3.96. The smallest absolute Gasteiger partial charge is 0.274 e. The fourth-order valence-corrected chi connectivity index (χ4v) is 3.37. The average Bonchev–Trinajstić information content (AvgIpc) is 3.08. The minimum absolute atomic E-state index is 0. The van der Waals surface area contributed by atoms with Gasteiger partial charge in [-0.3, -0.25) is 14.9 Å². The Morgan fingerprint density at radius 2 is 1.77 bits per heavy atom. The second-order valence-corrected chi connectivity index (χ2v) is 7.76. The lowest BCUT2D eigenvalue weighted by atomic mass is 10.3. The number of amides is 1. The molecule has 31 heavy (non-hydrogen) atoms. The first-order chi connectivity index (χ1) is 13.8. The molecule has 0 radical (unpaired) electrons. The molecule has 0 unspecified atom stereocenters. The summed E-state index contributed by atoms with van der Waals surface area (Å²) < 4.78 is 5.76. The maximum Gasteiger partial charge on any atom is 0.274 e. The first kappa shape index (κ1) is 31.6. The summed E-state index contributed by atoms with van der Waals surface area (Å²) in [6.45, 7) is 6.85. The van der Waals surface area contributed by atoms with Gasteiger partial charge >= 0.3 is 0 Å². The second-order valence-electron chi connectivity index (χ2n) is 6.66. The number of nitrogens with zero attached hydrogens (tertiary/aromatic N) is 3. The van der Waals surface area contributed by atoms with E-state index in [9.17, 15) is 14.9 Å². The van der Waals surface area contributed by atoms with Crippen molar-refractivity contribution in [3.8, 4) is 0 Å². The summed E-state index contributed by atoms with van der Waals surface area (Å²) in [5.74, 6) is 3.71. The van der Waals surface area contributed by atoms with Crippen LogP contribution in [-0.4, -0.2) is 66.7 Å². The monoisotopic (exact) mass is 499 g/mol. The number of hydrogen-bond acceptors (Lipinski definition) is 8. The Bertz CT molecular complexity index is 669. The van der Waals surface area contributed by atoms with Gasteiger partial charge in [-0.15, -0.1) is 24.8 Å². The molecule has 9 nitrogen and oxygen atoms in total. The number of rotatable bonds is 15. The van der Waals surface area contributed by atoms with E-state index in [1.54, 1.807) is 16.7 Å². The number of nitrogens with one attached hydrogen (secondary N) is 2. The van der Waals surface area contributed by atoms with Gasteiger partial charge in [-0.25, -0.2) is 0 Å². The zero-order valence-electron chi connectivity index (χ0n) is 18.6. The molecule has 1 heterocycles. The van der Waals surface area contributed by atoms with Gasteiger partial charge in [0.25, 0.3) is 6.20 Å². The predicted molar refractivity (Wildman–Crippen MR) is 130 cm³/mol. The Kier molecular flexibility index (Phi) is 18.3. The molecule has 180 valence electrons. The highest BCUT2D eigenvalue weighted by Gasteiger charge is 2.10. The van der Waals surface area contributed by atoms with Gasteiger partial charge in [0.15, 0.2) is 5.82 Å². The molecule has 1 amide bonds. The van der Waals surface area contributed by atoms with E-state index in [0.717, 1.165) is 35.8 Å². The molecule has 1 aromatic rings. The number of thioether (sulfide) groups is 1. The lowest BCUT2D eigenvalue weighted by Crippen LogP contribution is -2.35. The van der Waals surface area contributed by atoms with Crippen molar-refractivity contribution in [3.05, 3.63) is 45.8 Å². The Morgan fingerprint density at radius 1 is 1.16 bits per heavy atom. The third-order valence-electron chi connectivity index (χ3n) is 4.00. The third kappa shape index (κ3) is 14.1. The predicted octanol–water partition coefficient (Wildman–Crippen LogP) is 2.93. The van der Waals surface area contributed by atoms with Crippen LogP contribution >= 0.6 is 36.6 Å². The van der Waals surface area contributed by atoms with E-state index in [1.165, 1.54) is 0 Å². The minimum Gasteiger partial charge on any atom is -0.464 e. The third-order valence-corrected chi connectivity index (χ3v) is 4.98. The zero-order valence-corrected chi connectivity index (χ0v) is 21.0. The zero-order chi connectivity index (χ0) is 21.6. The lowest BCUT2D eigenvalue weighted by Gasteiger charge is -2.19. The van der Waals surface area contributed by atoms with Gasteiger partial charge in [0.2, 0.25) is 5.91 Å². The standard InChI is InChI=1S/C19H33N5O4S.2ClH/c1-5-23(6-2)19(25)9-10-20-18(14-24(26)27)21-11-12-29-15-17-8-7-16(28-17)13-22(3)4;;/h7-8,14,20-21H,5-6,9-13,15H2,1-4H3;2*1H. The molecule has 0 atom stereocenters.